The van der Waals surface area contributed by atoms with Crippen molar-refractivity contribution in [2.24, 2.45) is 4.74 Å². The average molecular weight is 421 g/mol. The van der Waals surface area contributed by atoms with E-state index in [-0.39, 0.29) is 10.7 Å². The smallest absolute Gasteiger partial charge is 0.275 e. The summed E-state index contributed by atoms with van der Waals surface area (Å²) in [6, 6.07) is 29.6. The van der Waals surface area contributed by atoms with Gasteiger partial charge in [-0.2, -0.15) is 0 Å². The Balaban J connectivity index is 2.16. The Labute approximate surface area is 174 Å². The van der Waals surface area contributed by atoms with Crippen LogP contribution in [0.15, 0.2) is 106 Å². The minimum Gasteiger partial charge on any atom is -0.275 e. The monoisotopic (exact) mass is 420 g/mol. The SMILES string of the molecule is CN1C(=O)C(Cl)=C(N=P(c2ccccc2)(c2ccccc2)c2ccccc2)C1=O. The number of nitrogens with zero attached hydrogens (tertiary/aromatic N) is 2. The molecule has 0 saturated carbocycles. The fourth-order valence-corrected chi connectivity index (χ4v) is 7.23. The molecule has 0 aliphatic carbocycles. The molecule has 144 valence electrons. The number of carbonyl (C=O) groups is 2. The maximum atomic E-state index is 12.8. The van der Waals surface area contributed by atoms with Gasteiger partial charge >= 0.3 is 0 Å². The van der Waals surface area contributed by atoms with Gasteiger partial charge in [0.15, 0.2) is 5.70 Å². The van der Waals surface area contributed by atoms with E-state index < -0.39 is 18.9 Å². The summed E-state index contributed by atoms with van der Waals surface area (Å²) in [5.41, 5.74) is 0.0176. The molecule has 1 heterocycles. The number of halogens is 1. The summed E-state index contributed by atoms with van der Waals surface area (Å²) in [4.78, 5) is 26.1. The number of carbonyl (C=O) groups excluding carboxylic acids is 2. The van der Waals surface area contributed by atoms with Gasteiger partial charge in [0.25, 0.3) is 11.8 Å². The van der Waals surface area contributed by atoms with E-state index in [1.807, 2.05) is 91.0 Å². The molecule has 0 fully saturated rings. The summed E-state index contributed by atoms with van der Waals surface area (Å²) in [6.07, 6.45) is 0. The van der Waals surface area contributed by atoms with Crippen molar-refractivity contribution in [3.63, 3.8) is 0 Å². The molecule has 3 aromatic carbocycles. The Hall–Kier alpha value is -2.94. The van der Waals surface area contributed by atoms with Gasteiger partial charge < -0.3 is 0 Å². The van der Waals surface area contributed by atoms with Gasteiger partial charge in [0.2, 0.25) is 0 Å². The fraction of sp³-hybridized carbons (Fsp3) is 0.0435. The highest BCUT2D eigenvalue weighted by Gasteiger charge is 2.38. The summed E-state index contributed by atoms with van der Waals surface area (Å²) < 4.78 is 5.03. The molecule has 4 nitrogen and oxygen atoms in total. The molecule has 29 heavy (non-hydrogen) atoms. The third kappa shape index (κ3) is 3.25. The first-order chi connectivity index (χ1) is 14.1. The zero-order valence-corrected chi connectivity index (χ0v) is 17.3. The predicted octanol–water partition coefficient (Wildman–Crippen LogP) is 3.61. The van der Waals surface area contributed by atoms with E-state index in [0.29, 0.717) is 0 Å². The third-order valence-corrected chi connectivity index (χ3v) is 8.82. The Morgan fingerprint density at radius 3 is 1.38 bits per heavy atom. The van der Waals surface area contributed by atoms with Crippen LogP contribution in [0.2, 0.25) is 0 Å². The van der Waals surface area contributed by atoms with Crippen molar-refractivity contribution in [3.8, 4) is 0 Å². The van der Waals surface area contributed by atoms with E-state index in [0.717, 1.165) is 20.8 Å². The number of likely N-dealkylation sites (N-methyl/N-ethyl adjacent to an activating group) is 1. The summed E-state index contributed by atoms with van der Waals surface area (Å²) in [6.45, 7) is 0. The van der Waals surface area contributed by atoms with Crippen molar-refractivity contribution in [1.29, 1.82) is 0 Å². The van der Waals surface area contributed by atoms with E-state index in [4.69, 9.17) is 16.3 Å². The largest absolute Gasteiger partial charge is 0.280 e. The molecule has 0 N–H and O–H groups in total. The number of imide groups is 1. The van der Waals surface area contributed by atoms with Crippen molar-refractivity contribution in [3.05, 3.63) is 102 Å². The van der Waals surface area contributed by atoms with Gasteiger partial charge in [-0.3, -0.25) is 14.5 Å². The molecule has 0 radical (unpaired) electrons. The maximum absolute atomic E-state index is 12.8. The minimum absolute atomic E-state index is 0.0176. The van der Waals surface area contributed by atoms with Crippen LogP contribution in [0.25, 0.3) is 0 Å². The fourth-order valence-electron chi connectivity index (χ4n) is 3.38. The first-order valence-electron chi connectivity index (χ1n) is 9.07. The zero-order valence-electron chi connectivity index (χ0n) is 15.7. The normalized spacial score (nSPS) is 14.5. The van der Waals surface area contributed by atoms with Crippen molar-refractivity contribution < 1.29 is 9.59 Å². The summed E-state index contributed by atoms with van der Waals surface area (Å²) in [5.74, 6) is -1.00. The Morgan fingerprint density at radius 1 is 0.690 bits per heavy atom. The van der Waals surface area contributed by atoms with Gasteiger partial charge in [-0.05, 0) is 0 Å². The van der Waals surface area contributed by atoms with E-state index >= 15 is 0 Å². The summed E-state index contributed by atoms with van der Waals surface area (Å²) in [5, 5.41) is 2.79. The lowest BCUT2D eigenvalue weighted by Crippen LogP contribution is -2.28. The van der Waals surface area contributed by atoms with Gasteiger partial charge in [0.05, 0.1) is 7.05 Å². The first-order valence-corrected chi connectivity index (χ1v) is 11.2. The lowest BCUT2D eigenvalue weighted by molar-refractivity contribution is -0.135. The zero-order chi connectivity index (χ0) is 20.4. The van der Waals surface area contributed by atoms with Crippen LogP contribution in [0.5, 0.6) is 0 Å². The molecule has 1 aliphatic rings. The summed E-state index contributed by atoms with van der Waals surface area (Å²) >= 11 is 6.28. The quantitative estimate of drug-likeness (QED) is 0.478. The van der Waals surface area contributed by atoms with Gasteiger partial charge in [-0.25, -0.2) is 4.74 Å². The molecule has 0 atom stereocenters. The maximum Gasteiger partial charge on any atom is 0.280 e. The molecule has 6 heteroatoms. The highest BCUT2D eigenvalue weighted by molar-refractivity contribution is 7.87. The number of benzene rings is 3. The Morgan fingerprint density at radius 2 is 1.07 bits per heavy atom. The van der Waals surface area contributed by atoms with Crippen LogP contribution in [0.3, 0.4) is 0 Å². The molecular formula is C23H18ClN2O2P. The number of amides is 2. The summed E-state index contributed by atoms with van der Waals surface area (Å²) in [7, 11) is -1.23. The highest BCUT2D eigenvalue weighted by Crippen LogP contribution is 2.49. The van der Waals surface area contributed by atoms with E-state index in [1.54, 1.807) is 0 Å². The molecule has 2 amide bonds. The van der Waals surface area contributed by atoms with Gasteiger partial charge in [0, 0.05) is 23.0 Å². The molecule has 0 bridgehead atoms. The molecule has 3 aromatic rings. The lowest BCUT2D eigenvalue weighted by atomic mass is 10.4. The van der Waals surface area contributed by atoms with Gasteiger partial charge in [-0.15, -0.1) is 0 Å². The van der Waals surface area contributed by atoms with Crippen molar-refractivity contribution in [2.45, 2.75) is 0 Å². The van der Waals surface area contributed by atoms with Crippen molar-refractivity contribution in [2.75, 3.05) is 7.05 Å². The van der Waals surface area contributed by atoms with Crippen molar-refractivity contribution in [1.82, 2.24) is 4.90 Å². The van der Waals surface area contributed by atoms with Crippen LogP contribution in [0.1, 0.15) is 0 Å². The minimum atomic E-state index is -2.65. The number of hydrogen-bond donors (Lipinski definition) is 0. The molecule has 4 rings (SSSR count). The van der Waals surface area contributed by atoms with Gasteiger partial charge in [0.1, 0.15) is 5.03 Å². The van der Waals surface area contributed by atoms with Crippen LogP contribution in [0, 0.1) is 0 Å². The molecule has 0 aromatic heterocycles. The third-order valence-electron chi connectivity index (χ3n) is 4.85. The average Bonchev–Trinajstić information content (AvgIpc) is 2.96. The van der Waals surface area contributed by atoms with Crippen molar-refractivity contribution >= 4 is 46.4 Å². The second-order valence-electron chi connectivity index (χ2n) is 6.57. The Kier molecular flexibility index (Phi) is 5.23. The molecule has 1 aliphatic heterocycles. The lowest BCUT2D eigenvalue weighted by Gasteiger charge is -2.27. The van der Waals surface area contributed by atoms with E-state index in [1.165, 1.54) is 7.05 Å². The Bertz CT molecular complexity index is 1060. The van der Waals surface area contributed by atoms with Crippen LogP contribution in [-0.2, 0) is 9.59 Å². The number of hydrogen-bond acceptors (Lipinski definition) is 3. The second-order valence-corrected chi connectivity index (χ2v) is 9.97. The second kappa shape index (κ2) is 7.82. The van der Waals surface area contributed by atoms with Crippen LogP contribution in [-0.4, -0.2) is 23.8 Å². The van der Waals surface area contributed by atoms with E-state index in [9.17, 15) is 9.59 Å². The topological polar surface area (TPSA) is 49.7 Å². The van der Waals surface area contributed by atoms with Crippen LogP contribution < -0.4 is 15.9 Å². The predicted molar refractivity (Wildman–Crippen MR) is 118 cm³/mol. The standard InChI is InChI=1S/C23H18ClN2O2P/c1-26-22(27)20(24)21(23(26)28)25-29(17-11-5-2-6-12-17,18-13-7-3-8-14-18)19-15-9-4-10-16-19/h2-16H,1H3. The molecule has 0 unspecified atom stereocenters. The molecule has 0 saturated heterocycles. The molecular weight excluding hydrogens is 403 g/mol. The van der Waals surface area contributed by atoms with E-state index in [2.05, 4.69) is 0 Å². The van der Waals surface area contributed by atoms with Crippen LogP contribution in [0.4, 0.5) is 0 Å². The number of rotatable bonds is 4. The highest BCUT2D eigenvalue weighted by atomic mass is 35.5. The van der Waals surface area contributed by atoms with Crippen LogP contribution >= 0.6 is 18.7 Å². The first kappa shape index (κ1) is 19.4. The molecule has 0 spiro atoms. The van der Waals surface area contributed by atoms with Gasteiger partial charge in [-0.1, -0.05) is 103 Å².